The van der Waals surface area contributed by atoms with Gasteiger partial charge in [0.1, 0.15) is 11.5 Å². The van der Waals surface area contributed by atoms with Gasteiger partial charge in [-0.25, -0.2) is 4.98 Å². The van der Waals surface area contributed by atoms with Gasteiger partial charge in [-0.2, -0.15) is 0 Å². The van der Waals surface area contributed by atoms with Crippen molar-refractivity contribution in [3.05, 3.63) is 72.3 Å². The maximum absolute atomic E-state index is 12.4. The Bertz CT molecular complexity index is 852. The summed E-state index contributed by atoms with van der Waals surface area (Å²) >= 11 is 0. The van der Waals surface area contributed by atoms with Crippen LogP contribution in [0, 0.1) is 6.92 Å². The molecule has 24 heavy (non-hydrogen) atoms. The van der Waals surface area contributed by atoms with Crippen molar-refractivity contribution in [2.75, 3.05) is 13.1 Å². The van der Waals surface area contributed by atoms with E-state index in [1.54, 1.807) is 12.3 Å². The molecule has 1 saturated heterocycles. The van der Waals surface area contributed by atoms with Crippen LogP contribution in [0.1, 0.15) is 22.2 Å². The van der Waals surface area contributed by atoms with Crippen molar-refractivity contribution >= 4 is 5.91 Å². The number of rotatable bonds is 3. The first-order valence-corrected chi connectivity index (χ1v) is 8.03. The van der Waals surface area contributed by atoms with E-state index >= 15 is 0 Å². The Morgan fingerprint density at radius 3 is 2.50 bits per heavy atom. The van der Waals surface area contributed by atoms with Crippen LogP contribution in [0.4, 0.5) is 0 Å². The molecule has 3 aromatic rings. The standard InChI is InChI=1S/C19H18N4O/c1-14-11-21-18(15-7-3-2-4-8-15)23(14)16-12-22(13-16)19(24)17-9-5-6-10-20-17/h2-11,16H,12-13H2,1H3. The number of carbonyl (C=O) groups is 1. The predicted molar refractivity (Wildman–Crippen MR) is 91.6 cm³/mol. The van der Waals surface area contributed by atoms with Gasteiger partial charge in [-0.3, -0.25) is 9.78 Å². The van der Waals surface area contributed by atoms with Crippen molar-refractivity contribution in [1.29, 1.82) is 0 Å². The first kappa shape index (κ1) is 14.6. The molecular weight excluding hydrogens is 300 g/mol. The third kappa shape index (κ3) is 2.48. The Morgan fingerprint density at radius 1 is 1.04 bits per heavy atom. The second-order valence-corrected chi connectivity index (χ2v) is 6.04. The zero-order chi connectivity index (χ0) is 16.5. The molecular formula is C19H18N4O. The van der Waals surface area contributed by atoms with Gasteiger partial charge in [-0.05, 0) is 19.1 Å². The summed E-state index contributed by atoms with van der Waals surface area (Å²) in [5, 5.41) is 0. The van der Waals surface area contributed by atoms with Crippen LogP contribution in [-0.2, 0) is 0 Å². The Hall–Kier alpha value is -2.95. The van der Waals surface area contributed by atoms with E-state index in [1.807, 2.05) is 41.4 Å². The summed E-state index contributed by atoms with van der Waals surface area (Å²) in [6, 6.07) is 15.8. The fourth-order valence-corrected chi connectivity index (χ4v) is 3.14. The van der Waals surface area contributed by atoms with Gasteiger partial charge in [0.25, 0.3) is 5.91 Å². The molecule has 2 aromatic heterocycles. The van der Waals surface area contributed by atoms with E-state index < -0.39 is 0 Å². The zero-order valence-corrected chi connectivity index (χ0v) is 13.5. The fourth-order valence-electron chi connectivity index (χ4n) is 3.14. The van der Waals surface area contributed by atoms with Crippen LogP contribution < -0.4 is 0 Å². The van der Waals surface area contributed by atoms with Crippen molar-refractivity contribution in [2.45, 2.75) is 13.0 Å². The average Bonchev–Trinajstić information content (AvgIpc) is 2.97. The van der Waals surface area contributed by atoms with Gasteiger partial charge in [0, 0.05) is 36.7 Å². The summed E-state index contributed by atoms with van der Waals surface area (Å²) in [6.45, 7) is 3.43. The molecule has 120 valence electrons. The van der Waals surface area contributed by atoms with Crippen LogP contribution in [0.25, 0.3) is 11.4 Å². The van der Waals surface area contributed by atoms with Crippen molar-refractivity contribution in [1.82, 2.24) is 19.4 Å². The summed E-state index contributed by atoms with van der Waals surface area (Å²) in [4.78, 5) is 23.0. The SMILES string of the molecule is Cc1cnc(-c2ccccc2)n1C1CN(C(=O)c2ccccn2)C1. The number of carbonyl (C=O) groups excluding carboxylic acids is 1. The molecule has 1 aliphatic heterocycles. The minimum absolute atomic E-state index is 0.00844. The topological polar surface area (TPSA) is 51.0 Å². The van der Waals surface area contributed by atoms with Crippen molar-refractivity contribution in [3.63, 3.8) is 0 Å². The molecule has 5 nitrogen and oxygen atoms in total. The Morgan fingerprint density at radius 2 is 1.79 bits per heavy atom. The molecule has 1 aromatic carbocycles. The molecule has 0 N–H and O–H groups in total. The minimum Gasteiger partial charge on any atom is -0.333 e. The van der Waals surface area contributed by atoms with E-state index in [0.29, 0.717) is 18.8 Å². The fraction of sp³-hybridized carbons (Fsp3) is 0.211. The smallest absolute Gasteiger partial charge is 0.272 e. The number of imidazole rings is 1. The van der Waals surface area contributed by atoms with Gasteiger partial charge in [-0.1, -0.05) is 36.4 Å². The maximum Gasteiger partial charge on any atom is 0.272 e. The van der Waals surface area contributed by atoms with E-state index in [2.05, 4.69) is 33.6 Å². The minimum atomic E-state index is -0.00844. The highest BCUT2D eigenvalue weighted by atomic mass is 16.2. The number of nitrogens with zero attached hydrogens (tertiary/aromatic N) is 4. The van der Waals surface area contributed by atoms with Crippen LogP contribution in [0.2, 0.25) is 0 Å². The van der Waals surface area contributed by atoms with Gasteiger partial charge in [-0.15, -0.1) is 0 Å². The highest BCUT2D eigenvalue weighted by molar-refractivity contribution is 5.92. The van der Waals surface area contributed by atoms with Crippen LogP contribution in [0.3, 0.4) is 0 Å². The second-order valence-electron chi connectivity index (χ2n) is 6.04. The molecule has 5 heteroatoms. The number of aryl methyl sites for hydroxylation is 1. The molecule has 0 unspecified atom stereocenters. The van der Waals surface area contributed by atoms with Crippen molar-refractivity contribution < 1.29 is 4.79 Å². The molecule has 1 fully saturated rings. The van der Waals surface area contributed by atoms with E-state index in [0.717, 1.165) is 17.1 Å². The summed E-state index contributed by atoms with van der Waals surface area (Å²) in [5.41, 5.74) is 2.71. The molecule has 0 radical (unpaired) electrons. The molecule has 0 saturated carbocycles. The molecule has 4 rings (SSSR count). The van der Waals surface area contributed by atoms with Gasteiger partial charge in [0.15, 0.2) is 0 Å². The van der Waals surface area contributed by atoms with Gasteiger partial charge in [0.2, 0.25) is 0 Å². The van der Waals surface area contributed by atoms with Crippen molar-refractivity contribution in [2.24, 2.45) is 0 Å². The van der Waals surface area contributed by atoms with Crippen LogP contribution >= 0.6 is 0 Å². The average molecular weight is 318 g/mol. The van der Waals surface area contributed by atoms with E-state index in [9.17, 15) is 4.79 Å². The number of benzene rings is 1. The molecule has 0 bridgehead atoms. The Labute approximate surface area is 140 Å². The molecule has 0 spiro atoms. The van der Waals surface area contributed by atoms with Crippen LogP contribution in [0.5, 0.6) is 0 Å². The van der Waals surface area contributed by atoms with Gasteiger partial charge >= 0.3 is 0 Å². The maximum atomic E-state index is 12.4. The van der Waals surface area contributed by atoms with Gasteiger partial charge < -0.3 is 9.47 Å². The monoisotopic (exact) mass is 318 g/mol. The molecule has 0 aliphatic carbocycles. The van der Waals surface area contributed by atoms with E-state index in [4.69, 9.17) is 0 Å². The Balaban J connectivity index is 1.54. The number of likely N-dealkylation sites (tertiary alicyclic amines) is 1. The summed E-state index contributed by atoms with van der Waals surface area (Å²) in [5.74, 6) is 0.953. The molecule has 0 atom stereocenters. The first-order chi connectivity index (χ1) is 11.7. The lowest BCUT2D eigenvalue weighted by molar-refractivity contribution is 0.0514. The van der Waals surface area contributed by atoms with Crippen LogP contribution in [-0.4, -0.2) is 38.4 Å². The van der Waals surface area contributed by atoms with Crippen LogP contribution in [0.15, 0.2) is 60.9 Å². The number of pyridine rings is 1. The molecule has 3 heterocycles. The van der Waals surface area contributed by atoms with Gasteiger partial charge in [0.05, 0.1) is 6.04 Å². The normalized spacial score (nSPS) is 14.5. The zero-order valence-electron chi connectivity index (χ0n) is 13.5. The molecule has 1 amide bonds. The number of hydrogen-bond acceptors (Lipinski definition) is 3. The molecule has 1 aliphatic rings. The lowest BCUT2D eigenvalue weighted by Crippen LogP contribution is -2.51. The third-order valence-electron chi connectivity index (χ3n) is 4.41. The first-order valence-electron chi connectivity index (χ1n) is 8.03. The van der Waals surface area contributed by atoms with E-state index in [-0.39, 0.29) is 11.9 Å². The van der Waals surface area contributed by atoms with Crippen molar-refractivity contribution in [3.8, 4) is 11.4 Å². The summed E-state index contributed by atoms with van der Waals surface area (Å²) < 4.78 is 2.23. The second kappa shape index (κ2) is 5.92. The Kier molecular flexibility index (Phi) is 3.61. The highest BCUT2D eigenvalue weighted by Crippen LogP contribution is 2.30. The summed E-state index contributed by atoms with van der Waals surface area (Å²) in [7, 11) is 0. The number of amides is 1. The highest BCUT2D eigenvalue weighted by Gasteiger charge is 2.34. The largest absolute Gasteiger partial charge is 0.333 e. The third-order valence-corrected chi connectivity index (χ3v) is 4.41. The number of hydrogen-bond donors (Lipinski definition) is 0. The number of aromatic nitrogens is 3. The van der Waals surface area contributed by atoms with E-state index in [1.165, 1.54) is 0 Å². The lowest BCUT2D eigenvalue weighted by Gasteiger charge is -2.40. The summed E-state index contributed by atoms with van der Waals surface area (Å²) in [6.07, 6.45) is 3.55. The predicted octanol–water partition coefficient (Wildman–Crippen LogP) is 2.95. The quantitative estimate of drug-likeness (QED) is 0.746. The lowest BCUT2D eigenvalue weighted by atomic mass is 10.1.